The number of hydrogen-bond acceptors (Lipinski definition) is 7. The average Bonchev–Trinajstić information content (AvgIpc) is 2.88. The molecule has 1 saturated heterocycles. The third-order valence-electron chi connectivity index (χ3n) is 3.99. The summed E-state index contributed by atoms with van der Waals surface area (Å²) in [5.74, 6) is 3.21. The van der Waals surface area contributed by atoms with E-state index in [0.29, 0.717) is 29.8 Å². The van der Waals surface area contributed by atoms with Crippen LogP contribution in [0.3, 0.4) is 0 Å². The second-order valence-corrected chi connectivity index (χ2v) is 6.51. The Morgan fingerprint density at radius 2 is 2.05 bits per heavy atom. The number of rotatable bonds is 7. The van der Waals surface area contributed by atoms with Crippen LogP contribution in [0, 0.1) is 5.92 Å². The summed E-state index contributed by atoms with van der Waals surface area (Å²) in [7, 11) is 3.90. The van der Waals surface area contributed by atoms with Gasteiger partial charge in [-0.2, -0.15) is 15.0 Å². The van der Waals surface area contributed by atoms with Gasteiger partial charge in [0.15, 0.2) is 0 Å². The lowest BCUT2D eigenvalue weighted by molar-refractivity contribution is 0.451. The molecular formula is C15H29N7. The molecule has 124 valence electrons. The van der Waals surface area contributed by atoms with Crippen molar-refractivity contribution in [3.05, 3.63) is 5.82 Å². The maximum Gasteiger partial charge on any atom is 0.229 e. The van der Waals surface area contributed by atoms with E-state index in [0.717, 1.165) is 25.3 Å². The molecule has 1 aliphatic rings. The molecule has 2 unspecified atom stereocenters. The molecule has 0 radical (unpaired) electrons. The van der Waals surface area contributed by atoms with Crippen molar-refractivity contribution in [2.24, 2.45) is 5.92 Å². The lowest BCUT2D eigenvalue weighted by Gasteiger charge is -2.16. The fraction of sp³-hybridized carbons (Fsp3) is 0.800. The number of anilines is 2. The molecule has 2 atom stereocenters. The fourth-order valence-electron chi connectivity index (χ4n) is 2.48. The van der Waals surface area contributed by atoms with Gasteiger partial charge < -0.3 is 10.2 Å². The highest BCUT2D eigenvalue weighted by Crippen LogP contribution is 2.16. The fourth-order valence-corrected chi connectivity index (χ4v) is 2.48. The first-order valence-electron chi connectivity index (χ1n) is 8.13. The molecule has 22 heavy (non-hydrogen) atoms. The molecule has 3 N–H and O–H groups in total. The second-order valence-electron chi connectivity index (χ2n) is 6.51. The summed E-state index contributed by atoms with van der Waals surface area (Å²) >= 11 is 0. The van der Waals surface area contributed by atoms with Gasteiger partial charge in [-0.3, -0.25) is 10.9 Å². The maximum absolute atomic E-state index is 4.51. The monoisotopic (exact) mass is 307 g/mol. The average molecular weight is 307 g/mol. The molecule has 2 heterocycles. The molecule has 0 aromatic carbocycles. The van der Waals surface area contributed by atoms with Crippen molar-refractivity contribution in [3.63, 3.8) is 0 Å². The van der Waals surface area contributed by atoms with E-state index in [2.05, 4.69) is 51.9 Å². The van der Waals surface area contributed by atoms with E-state index >= 15 is 0 Å². The predicted octanol–water partition coefficient (Wildman–Crippen LogP) is 1.37. The van der Waals surface area contributed by atoms with Crippen LogP contribution in [0.1, 0.15) is 45.4 Å². The van der Waals surface area contributed by atoms with Gasteiger partial charge in [0.2, 0.25) is 11.9 Å². The topological polar surface area (TPSA) is 78.0 Å². The third kappa shape index (κ3) is 4.51. The quantitative estimate of drug-likeness (QED) is 0.657. The van der Waals surface area contributed by atoms with Crippen molar-refractivity contribution in [1.29, 1.82) is 0 Å². The summed E-state index contributed by atoms with van der Waals surface area (Å²) < 4.78 is 0. The standard InChI is InChI=1S/C15H29N7/c1-10(2)13-18-14(20-15(19-13)22(4)5)16-8-6-7-12-9-17-21-11(12)3/h10-12,17,21H,6-9H2,1-5H3,(H,16,18,19,20). The lowest BCUT2D eigenvalue weighted by Crippen LogP contribution is -2.28. The largest absolute Gasteiger partial charge is 0.354 e. The van der Waals surface area contributed by atoms with Gasteiger partial charge in [-0.05, 0) is 25.7 Å². The Morgan fingerprint density at radius 3 is 2.64 bits per heavy atom. The Kier molecular flexibility index (Phi) is 5.90. The highest BCUT2D eigenvalue weighted by molar-refractivity contribution is 5.36. The summed E-state index contributed by atoms with van der Waals surface area (Å²) in [4.78, 5) is 15.4. The molecule has 1 fully saturated rings. The molecule has 1 aromatic heterocycles. The van der Waals surface area contributed by atoms with Crippen LogP contribution in [0.15, 0.2) is 0 Å². The molecule has 1 aromatic rings. The summed E-state index contributed by atoms with van der Waals surface area (Å²) in [6.07, 6.45) is 2.30. The minimum atomic E-state index is 0.290. The summed E-state index contributed by atoms with van der Waals surface area (Å²) in [6, 6.07) is 0.546. The van der Waals surface area contributed by atoms with Gasteiger partial charge in [0, 0.05) is 39.1 Å². The highest BCUT2D eigenvalue weighted by atomic mass is 15.4. The first kappa shape index (κ1) is 16.9. The van der Waals surface area contributed by atoms with Crippen molar-refractivity contribution in [1.82, 2.24) is 25.8 Å². The van der Waals surface area contributed by atoms with Gasteiger partial charge in [-0.15, -0.1) is 0 Å². The molecule has 7 heteroatoms. The van der Waals surface area contributed by atoms with Gasteiger partial charge >= 0.3 is 0 Å². The van der Waals surface area contributed by atoms with Crippen LogP contribution < -0.4 is 21.1 Å². The zero-order chi connectivity index (χ0) is 16.1. The van der Waals surface area contributed by atoms with E-state index in [1.165, 1.54) is 6.42 Å². The van der Waals surface area contributed by atoms with Crippen molar-refractivity contribution < 1.29 is 0 Å². The third-order valence-corrected chi connectivity index (χ3v) is 3.99. The van der Waals surface area contributed by atoms with Crippen LogP contribution in [0.25, 0.3) is 0 Å². The van der Waals surface area contributed by atoms with Crippen LogP contribution in [-0.2, 0) is 0 Å². The van der Waals surface area contributed by atoms with Gasteiger partial charge in [0.1, 0.15) is 5.82 Å². The van der Waals surface area contributed by atoms with Crippen LogP contribution in [0.4, 0.5) is 11.9 Å². The molecule has 0 saturated carbocycles. The summed E-state index contributed by atoms with van der Waals surface area (Å²) in [5.41, 5.74) is 6.47. The van der Waals surface area contributed by atoms with E-state index in [4.69, 9.17) is 0 Å². The Morgan fingerprint density at radius 1 is 1.27 bits per heavy atom. The van der Waals surface area contributed by atoms with E-state index in [1.54, 1.807) is 0 Å². The minimum Gasteiger partial charge on any atom is -0.354 e. The molecule has 0 bridgehead atoms. The number of hydrogen-bond donors (Lipinski definition) is 3. The van der Waals surface area contributed by atoms with Crippen molar-refractivity contribution >= 4 is 11.9 Å². The van der Waals surface area contributed by atoms with E-state index in [9.17, 15) is 0 Å². The SMILES string of the molecule is CC(C)c1nc(NCCCC2CNNC2C)nc(N(C)C)n1. The van der Waals surface area contributed by atoms with Crippen molar-refractivity contribution in [3.8, 4) is 0 Å². The molecule has 0 aliphatic carbocycles. The zero-order valence-electron chi connectivity index (χ0n) is 14.3. The second kappa shape index (κ2) is 7.69. The molecular weight excluding hydrogens is 278 g/mol. The molecule has 7 nitrogen and oxygen atoms in total. The number of nitrogens with one attached hydrogen (secondary N) is 3. The van der Waals surface area contributed by atoms with E-state index < -0.39 is 0 Å². The molecule has 0 amide bonds. The van der Waals surface area contributed by atoms with Crippen LogP contribution in [-0.4, -0.2) is 48.2 Å². The Bertz CT molecular complexity index is 449. The number of nitrogens with zero attached hydrogens (tertiary/aromatic N) is 4. The van der Waals surface area contributed by atoms with Gasteiger partial charge in [-0.1, -0.05) is 13.8 Å². The van der Waals surface area contributed by atoms with Crippen LogP contribution in [0.5, 0.6) is 0 Å². The molecule has 0 spiro atoms. The number of aromatic nitrogens is 3. The first-order valence-corrected chi connectivity index (χ1v) is 8.13. The van der Waals surface area contributed by atoms with Crippen LogP contribution in [0.2, 0.25) is 0 Å². The molecule has 2 rings (SSSR count). The predicted molar refractivity (Wildman–Crippen MR) is 90.1 cm³/mol. The minimum absolute atomic E-state index is 0.290. The highest BCUT2D eigenvalue weighted by Gasteiger charge is 2.21. The zero-order valence-corrected chi connectivity index (χ0v) is 14.3. The van der Waals surface area contributed by atoms with Gasteiger partial charge in [0.25, 0.3) is 0 Å². The van der Waals surface area contributed by atoms with Gasteiger partial charge in [-0.25, -0.2) is 0 Å². The van der Waals surface area contributed by atoms with Gasteiger partial charge in [0.05, 0.1) is 0 Å². The molecule has 1 aliphatic heterocycles. The van der Waals surface area contributed by atoms with Crippen LogP contribution >= 0.6 is 0 Å². The van der Waals surface area contributed by atoms with Crippen molar-refractivity contribution in [2.45, 2.75) is 45.6 Å². The Balaban J connectivity index is 1.88. The normalized spacial score (nSPS) is 21.4. The van der Waals surface area contributed by atoms with E-state index in [-0.39, 0.29) is 0 Å². The van der Waals surface area contributed by atoms with Crippen molar-refractivity contribution in [2.75, 3.05) is 37.4 Å². The maximum atomic E-state index is 4.51. The summed E-state index contributed by atoms with van der Waals surface area (Å²) in [5, 5.41) is 3.34. The number of hydrazine groups is 1. The summed E-state index contributed by atoms with van der Waals surface area (Å²) in [6.45, 7) is 8.36. The lowest BCUT2D eigenvalue weighted by atomic mass is 9.98. The Labute approximate surface area is 133 Å². The first-order chi connectivity index (χ1) is 10.5. The Hall–Kier alpha value is -1.47. The smallest absolute Gasteiger partial charge is 0.229 e. The van der Waals surface area contributed by atoms with E-state index in [1.807, 2.05) is 19.0 Å².